The lowest BCUT2D eigenvalue weighted by Gasteiger charge is -2.23. The molecular weight excluding hydrogens is 295 g/mol. The number of rotatable bonds is 5. The number of halogens is 2. The average molecular weight is 317 g/mol. The van der Waals surface area contributed by atoms with Gasteiger partial charge in [0.05, 0.1) is 7.11 Å². The van der Waals surface area contributed by atoms with Crippen LogP contribution in [-0.2, 0) is 11.2 Å². The molecule has 0 saturated carbocycles. The second-order valence-corrected chi connectivity index (χ2v) is 5.08. The zero-order valence-corrected chi connectivity index (χ0v) is 13.0. The third-order valence-corrected chi connectivity index (χ3v) is 3.52. The minimum atomic E-state index is -0.387. The summed E-state index contributed by atoms with van der Waals surface area (Å²) in [4.78, 5) is 11.8. The zero-order valence-electron chi connectivity index (χ0n) is 12.2. The van der Waals surface area contributed by atoms with E-state index in [0.717, 1.165) is 31.5 Å². The normalized spacial score (nSPS) is 17.7. The molecule has 2 rings (SSSR count). The molecule has 1 atom stereocenters. The number of hydrogen-bond acceptors (Lipinski definition) is 3. The van der Waals surface area contributed by atoms with Gasteiger partial charge in [-0.1, -0.05) is 6.07 Å². The number of amides is 1. The Morgan fingerprint density at radius 1 is 1.52 bits per heavy atom. The number of carbonyl (C=O) groups is 1. The van der Waals surface area contributed by atoms with E-state index in [-0.39, 0.29) is 35.9 Å². The number of piperidine rings is 1. The van der Waals surface area contributed by atoms with Crippen LogP contribution in [0.1, 0.15) is 24.8 Å². The predicted molar refractivity (Wildman–Crippen MR) is 82.6 cm³/mol. The maximum atomic E-state index is 13.5. The molecule has 0 aliphatic carbocycles. The predicted octanol–water partition coefficient (Wildman–Crippen LogP) is 2.06. The number of nitrogens with one attached hydrogen (secondary N) is 2. The molecule has 1 aliphatic heterocycles. The number of benzene rings is 1. The van der Waals surface area contributed by atoms with Gasteiger partial charge in [-0.2, -0.15) is 0 Å². The summed E-state index contributed by atoms with van der Waals surface area (Å²) in [5, 5.41) is 6.26. The van der Waals surface area contributed by atoms with Crippen molar-refractivity contribution in [1.82, 2.24) is 10.6 Å². The smallest absolute Gasteiger partial charge is 0.220 e. The molecule has 118 valence electrons. The Balaban J connectivity index is 0.00000220. The quantitative estimate of drug-likeness (QED) is 0.874. The van der Waals surface area contributed by atoms with Gasteiger partial charge < -0.3 is 15.4 Å². The summed E-state index contributed by atoms with van der Waals surface area (Å²) in [5.41, 5.74) is 0.806. The molecule has 0 radical (unpaired) electrons. The lowest BCUT2D eigenvalue weighted by molar-refractivity contribution is -0.121. The van der Waals surface area contributed by atoms with Gasteiger partial charge in [0.1, 0.15) is 0 Å². The van der Waals surface area contributed by atoms with Crippen molar-refractivity contribution in [2.75, 3.05) is 20.2 Å². The standard InChI is InChI=1S/C15H21FN2O2.ClH/c1-20-14-6-4-11(9-13(14)16)5-7-15(19)18-12-3-2-8-17-10-12;/h4,6,9,12,17H,2-3,5,7-8,10H2,1H3,(H,18,19);1H. The van der Waals surface area contributed by atoms with Crippen molar-refractivity contribution in [2.45, 2.75) is 31.7 Å². The molecule has 4 nitrogen and oxygen atoms in total. The second kappa shape index (κ2) is 8.85. The molecule has 6 heteroatoms. The highest BCUT2D eigenvalue weighted by molar-refractivity contribution is 5.85. The SMILES string of the molecule is COc1ccc(CCC(=O)NC2CCCNC2)cc1F.Cl. The van der Waals surface area contributed by atoms with E-state index in [1.54, 1.807) is 12.1 Å². The van der Waals surface area contributed by atoms with Gasteiger partial charge in [-0.15, -0.1) is 12.4 Å². The van der Waals surface area contributed by atoms with Crippen LogP contribution in [-0.4, -0.2) is 32.1 Å². The number of methoxy groups -OCH3 is 1. The van der Waals surface area contributed by atoms with Crippen molar-refractivity contribution in [2.24, 2.45) is 0 Å². The van der Waals surface area contributed by atoms with E-state index in [4.69, 9.17) is 4.74 Å². The summed E-state index contributed by atoms with van der Waals surface area (Å²) in [6.45, 7) is 1.86. The topological polar surface area (TPSA) is 50.4 Å². The lowest BCUT2D eigenvalue weighted by Crippen LogP contribution is -2.45. The fourth-order valence-corrected chi connectivity index (χ4v) is 2.40. The van der Waals surface area contributed by atoms with E-state index in [9.17, 15) is 9.18 Å². The molecule has 1 amide bonds. The minimum Gasteiger partial charge on any atom is -0.494 e. The van der Waals surface area contributed by atoms with E-state index in [1.165, 1.54) is 13.2 Å². The molecule has 1 unspecified atom stereocenters. The molecule has 0 aromatic heterocycles. The van der Waals surface area contributed by atoms with Crippen LogP contribution in [0.5, 0.6) is 5.75 Å². The van der Waals surface area contributed by atoms with E-state index < -0.39 is 0 Å². The molecule has 1 aromatic carbocycles. The minimum absolute atomic E-state index is 0. The number of hydrogen-bond donors (Lipinski definition) is 2. The van der Waals surface area contributed by atoms with Crippen molar-refractivity contribution in [3.63, 3.8) is 0 Å². The summed E-state index contributed by atoms with van der Waals surface area (Å²) < 4.78 is 18.4. The Bertz CT molecular complexity index is 465. The van der Waals surface area contributed by atoms with Gasteiger partial charge in [0.25, 0.3) is 0 Å². The van der Waals surface area contributed by atoms with Gasteiger partial charge in [0.2, 0.25) is 5.91 Å². The Kier molecular flexibility index (Phi) is 7.47. The fraction of sp³-hybridized carbons (Fsp3) is 0.533. The first-order valence-corrected chi connectivity index (χ1v) is 7.01. The highest BCUT2D eigenvalue weighted by Crippen LogP contribution is 2.18. The summed E-state index contributed by atoms with van der Waals surface area (Å²) in [5.74, 6) is -0.136. The van der Waals surface area contributed by atoms with Crippen molar-refractivity contribution in [1.29, 1.82) is 0 Å². The third kappa shape index (κ3) is 5.52. The first-order valence-electron chi connectivity index (χ1n) is 7.01. The second-order valence-electron chi connectivity index (χ2n) is 5.08. The molecule has 1 aliphatic rings. The Morgan fingerprint density at radius 3 is 2.95 bits per heavy atom. The first kappa shape index (κ1) is 17.7. The maximum Gasteiger partial charge on any atom is 0.220 e. The lowest BCUT2D eigenvalue weighted by atomic mass is 10.1. The summed E-state index contributed by atoms with van der Waals surface area (Å²) in [6.07, 6.45) is 3.03. The summed E-state index contributed by atoms with van der Waals surface area (Å²) in [6, 6.07) is 5.03. The van der Waals surface area contributed by atoms with Crippen LogP contribution in [0.2, 0.25) is 0 Å². The highest BCUT2D eigenvalue weighted by Gasteiger charge is 2.15. The van der Waals surface area contributed by atoms with Crippen LogP contribution < -0.4 is 15.4 Å². The molecular formula is C15H22ClFN2O2. The molecule has 1 aromatic rings. The molecule has 1 saturated heterocycles. The molecule has 21 heavy (non-hydrogen) atoms. The Hall–Kier alpha value is -1.33. The van der Waals surface area contributed by atoms with Crippen LogP contribution in [0.15, 0.2) is 18.2 Å². The van der Waals surface area contributed by atoms with Gasteiger partial charge in [-0.25, -0.2) is 4.39 Å². The van der Waals surface area contributed by atoms with Crippen LogP contribution >= 0.6 is 12.4 Å². The third-order valence-electron chi connectivity index (χ3n) is 3.52. The molecule has 0 bridgehead atoms. The van der Waals surface area contributed by atoms with E-state index in [1.807, 2.05) is 0 Å². The largest absolute Gasteiger partial charge is 0.494 e. The van der Waals surface area contributed by atoms with Crippen LogP contribution in [0.25, 0.3) is 0 Å². The average Bonchev–Trinajstić information content (AvgIpc) is 2.46. The van der Waals surface area contributed by atoms with Crippen LogP contribution in [0.3, 0.4) is 0 Å². The van der Waals surface area contributed by atoms with Crippen LogP contribution in [0, 0.1) is 5.82 Å². The summed E-state index contributed by atoms with van der Waals surface area (Å²) in [7, 11) is 1.43. The van der Waals surface area contributed by atoms with E-state index in [0.29, 0.717) is 12.8 Å². The number of carbonyl (C=O) groups excluding carboxylic acids is 1. The maximum absolute atomic E-state index is 13.5. The summed E-state index contributed by atoms with van der Waals surface area (Å²) >= 11 is 0. The highest BCUT2D eigenvalue weighted by atomic mass is 35.5. The van der Waals surface area contributed by atoms with Crippen molar-refractivity contribution in [3.8, 4) is 5.75 Å². The van der Waals surface area contributed by atoms with Gasteiger partial charge in [0, 0.05) is 19.0 Å². The van der Waals surface area contributed by atoms with Crippen molar-refractivity contribution < 1.29 is 13.9 Å². The first-order chi connectivity index (χ1) is 9.69. The zero-order chi connectivity index (χ0) is 14.4. The van der Waals surface area contributed by atoms with Gasteiger partial charge in [0.15, 0.2) is 11.6 Å². The number of aryl methyl sites for hydroxylation is 1. The van der Waals surface area contributed by atoms with Crippen molar-refractivity contribution in [3.05, 3.63) is 29.6 Å². The molecule has 0 spiro atoms. The fourth-order valence-electron chi connectivity index (χ4n) is 2.40. The van der Waals surface area contributed by atoms with Gasteiger partial charge in [-0.3, -0.25) is 4.79 Å². The van der Waals surface area contributed by atoms with E-state index >= 15 is 0 Å². The Morgan fingerprint density at radius 2 is 2.33 bits per heavy atom. The Labute approximate surface area is 130 Å². The van der Waals surface area contributed by atoms with Gasteiger partial charge in [-0.05, 0) is 43.5 Å². The molecule has 1 fully saturated rings. The monoisotopic (exact) mass is 316 g/mol. The van der Waals surface area contributed by atoms with Crippen LogP contribution in [0.4, 0.5) is 4.39 Å². The van der Waals surface area contributed by atoms with Crippen molar-refractivity contribution >= 4 is 18.3 Å². The molecule has 1 heterocycles. The van der Waals surface area contributed by atoms with E-state index in [2.05, 4.69) is 10.6 Å². The molecule has 2 N–H and O–H groups in total. The van der Waals surface area contributed by atoms with Gasteiger partial charge >= 0.3 is 0 Å². The number of ether oxygens (including phenoxy) is 1.